The van der Waals surface area contributed by atoms with Crippen LogP contribution in [0.15, 0.2) is 60.8 Å². The van der Waals surface area contributed by atoms with Crippen LogP contribution in [0.25, 0.3) is 22.6 Å². The molecule has 0 bridgehead atoms. The van der Waals surface area contributed by atoms with E-state index in [1.54, 1.807) is 13.3 Å². The second kappa shape index (κ2) is 10.9. The molecule has 0 radical (unpaired) electrons. The Kier molecular flexibility index (Phi) is 7.47. The first-order chi connectivity index (χ1) is 18.0. The normalized spacial score (nSPS) is 14.3. The summed E-state index contributed by atoms with van der Waals surface area (Å²) < 4.78 is 7.91. The predicted molar refractivity (Wildman–Crippen MR) is 148 cm³/mol. The first kappa shape index (κ1) is 25.3. The number of halogens is 1. The van der Waals surface area contributed by atoms with Crippen molar-refractivity contribution in [3.05, 3.63) is 76.9 Å². The van der Waals surface area contributed by atoms with Crippen molar-refractivity contribution in [1.29, 1.82) is 0 Å². The third kappa shape index (κ3) is 5.08. The topological polar surface area (TPSA) is 60.2 Å². The molecule has 6 nitrogen and oxygen atoms in total. The van der Waals surface area contributed by atoms with Gasteiger partial charge in [0.2, 0.25) is 0 Å². The number of pyridine rings is 1. The summed E-state index contributed by atoms with van der Waals surface area (Å²) in [4.78, 5) is 25.0. The van der Waals surface area contributed by atoms with E-state index in [1.165, 1.54) is 19.3 Å². The van der Waals surface area contributed by atoms with Gasteiger partial charge in [0, 0.05) is 35.0 Å². The number of carbonyl (C=O) groups excluding carboxylic acids is 1. The summed E-state index contributed by atoms with van der Waals surface area (Å²) in [5.41, 5.74) is 4.01. The van der Waals surface area contributed by atoms with Crippen LogP contribution < -0.4 is 4.74 Å². The minimum Gasteiger partial charge on any atom is -0.496 e. The Bertz CT molecular complexity index is 1410. The lowest BCUT2D eigenvalue weighted by Gasteiger charge is -2.37. The van der Waals surface area contributed by atoms with Crippen LogP contribution in [0.5, 0.6) is 5.75 Å². The summed E-state index contributed by atoms with van der Waals surface area (Å²) >= 11 is 6.55. The van der Waals surface area contributed by atoms with Gasteiger partial charge in [0.1, 0.15) is 11.6 Å². The molecule has 5 rings (SSSR count). The van der Waals surface area contributed by atoms with Gasteiger partial charge in [-0.05, 0) is 63.1 Å². The van der Waals surface area contributed by atoms with E-state index < -0.39 is 0 Å². The van der Waals surface area contributed by atoms with Gasteiger partial charge in [-0.3, -0.25) is 4.79 Å². The highest BCUT2D eigenvalue weighted by molar-refractivity contribution is 6.33. The average Bonchev–Trinajstić information content (AvgIpc) is 3.27. The second-order valence-corrected chi connectivity index (χ2v) is 10.4. The molecule has 1 fully saturated rings. The Hall–Kier alpha value is -3.38. The van der Waals surface area contributed by atoms with E-state index in [2.05, 4.69) is 28.3 Å². The number of ether oxygens (including phenoxy) is 1. The lowest BCUT2D eigenvalue weighted by Crippen LogP contribution is -2.45. The maximum atomic E-state index is 13.7. The molecule has 0 spiro atoms. The van der Waals surface area contributed by atoms with E-state index in [0.29, 0.717) is 34.6 Å². The molecule has 1 aliphatic carbocycles. The smallest absolute Gasteiger partial charge is 0.254 e. The summed E-state index contributed by atoms with van der Waals surface area (Å²) in [6.45, 7) is 4.70. The fraction of sp³-hybridized carbons (Fsp3) is 0.367. The number of amides is 1. The third-order valence-corrected chi connectivity index (χ3v) is 7.59. The molecule has 7 heteroatoms. The van der Waals surface area contributed by atoms with E-state index in [9.17, 15) is 4.79 Å². The Morgan fingerprint density at radius 1 is 1.11 bits per heavy atom. The molecule has 1 saturated carbocycles. The Balaban J connectivity index is 1.51. The van der Waals surface area contributed by atoms with E-state index >= 15 is 0 Å². The monoisotopic (exact) mass is 516 g/mol. The standard InChI is InChI=1S/C30H33ClN4O2/c1-20(2)35(23-10-5-4-6-11-23)30(36)21-15-16-22(27(18-21)37-3)19-34-26-14-9-17-32-28(26)33-29(34)24-12-7-8-13-25(24)31/h7-9,12-18,20,23H,4-6,10-11,19H2,1-3H3. The predicted octanol–water partition coefficient (Wildman–Crippen LogP) is 6.99. The second-order valence-electron chi connectivity index (χ2n) is 9.97. The summed E-state index contributed by atoms with van der Waals surface area (Å²) in [5.74, 6) is 1.49. The summed E-state index contributed by atoms with van der Waals surface area (Å²) in [6.07, 6.45) is 7.52. The largest absolute Gasteiger partial charge is 0.496 e. The Labute approximate surface area is 223 Å². The number of nitrogens with zero attached hydrogens (tertiary/aromatic N) is 4. The molecule has 192 valence electrons. The van der Waals surface area contributed by atoms with Crippen molar-refractivity contribution in [3.63, 3.8) is 0 Å². The molecule has 0 atom stereocenters. The Morgan fingerprint density at radius 3 is 2.62 bits per heavy atom. The number of hydrogen-bond acceptors (Lipinski definition) is 4. The molecule has 37 heavy (non-hydrogen) atoms. The van der Waals surface area contributed by atoms with Crippen LogP contribution in [0.1, 0.15) is 61.9 Å². The van der Waals surface area contributed by atoms with Gasteiger partial charge in [-0.2, -0.15) is 0 Å². The van der Waals surface area contributed by atoms with E-state index in [-0.39, 0.29) is 11.9 Å². The zero-order valence-corrected chi connectivity index (χ0v) is 22.4. The van der Waals surface area contributed by atoms with Crippen molar-refractivity contribution in [1.82, 2.24) is 19.4 Å². The first-order valence-electron chi connectivity index (χ1n) is 13.0. The quantitative estimate of drug-likeness (QED) is 0.265. The number of carbonyl (C=O) groups is 1. The number of imidazole rings is 1. The maximum absolute atomic E-state index is 13.7. The number of rotatable bonds is 7. The van der Waals surface area contributed by atoms with Crippen molar-refractivity contribution in [2.75, 3.05) is 7.11 Å². The van der Waals surface area contributed by atoms with Gasteiger partial charge in [0.25, 0.3) is 5.91 Å². The number of methoxy groups -OCH3 is 1. The zero-order chi connectivity index (χ0) is 25.9. The van der Waals surface area contributed by atoms with Crippen molar-refractivity contribution in [2.24, 2.45) is 0 Å². The van der Waals surface area contributed by atoms with Gasteiger partial charge in [-0.1, -0.05) is 49.1 Å². The van der Waals surface area contributed by atoms with Crippen LogP contribution in [-0.4, -0.2) is 44.5 Å². The summed E-state index contributed by atoms with van der Waals surface area (Å²) in [7, 11) is 1.65. The van der Waals surface area contributed by atoms with Crippen LogP contribution >= 0.6 is 11.6 Å². The molecule has 0 aliphatic heterocycles. The molecule has 0 N–H and O–H groups in total. The fourth-order valence-corrected chi connectivity index (χ4v) is 5.70. The number of hydrogen-bond donors (Lipinski definition) is 0. The molecular formula is C30H33ClN4O2. The van der Waals surface area contributed by atoms with Crippen molar-refractivity contribution < 1.29 is 9.53 Å². The Morgan fingerprint density at radius 2 is 1.89 bits per heavy atom. The van der Waals surface area contributed by atoms with Crippen LogP contribution in [-0.2, 0) is 6.54 Å². The van der Waals surface area contributed by atoms with Crippen LogP contribution in [0, 0.1) is 0 Å². The highest BCUT2D eigenvalue weighted by Crippen LogP contribution is 2.32. The fourth-order valence-electron chi connectivity index (χ4n) is 5.48. The van der Waals surface area contributed by atoms with Gasteiger partial charge >= 0.3 is 0 Å². The van der Waals surface area contributed by atoms with Crippen LogP contribution in [0.4, 0.5) is 0 Å². The minimum atomic E-state index is 0.0702. The lowest BCUT2D eigenvalue weighted by atomic mass is 9.92. The summed E-state index contributed by atoms with van der Waals surface area (Å²) in [5, 5.41) is 0.628. The average molecular weight is 517 g/mol. The van der Waals surface area contributed by atoms with Gasteiger partial charge in [-0.25, -0.2) is 9.97 Å². The number of benzene rings is 2. The molecule has 1 amide bonds. The molecule has 2 aromatic heterocycles. The van der Waals surface area contributed by atoms with Crippen LogP contribution in [0.3, 0.4) is 0 Å². The van der Waals surface area contributed by atoms with Crippen molar-refractivity contribution in [2.45, 2.75) is 64.6 Å². The lowest BCUT2D eigenvalue weighted by molar-refractivity contribution is 0.0555. The van der Waals surface area contributed by atoms with E-state index in [4.69, 9.17) is 21.3 Å². The number of aromatic nitrogens is 3. The van der Waals surface area contributed by atoms with Gasteiger partial charge < -0.3 is 14.2 Å². The molecular weight excluding hydrogens is 484 g/mol. The molecule has 2 aromatic carbocycles. The molecule has 0 saturated heterocycles. The van der Waals surface area contributed by atoms with Crippen LogP contribution in [0.2, 0.25) is 5.02 Å². The molecule has 0 unspecified atom stereocenters. The maximum Gasteiger partial charge on any atom is 0.254 e. The van der Waals surface area contributed by atoms with E-state index in [1.807, 2.05) is 54.6 Å². The molecule has 4 aromatic rings. The summed E-state index contributed by atoms with van der Waals surface area (Å²) in [6, 6.07) is 17.8. The minimum absolute atomic E-state index is 0.0702. The molecule has 2 heterocycles. The van der Waals surface area contributed by atoms with Crippen molar-refractivity contribution >= 4 is 28.7 Å². The highest BCUT2D eigenvalue weighted by Gasteiger charge is 2.29. The third-order valence-electron chi connectivity index (χ3n) is 7.26. The SMILES string of the molecule is COc1cc(C(=O)N(C(C)C)C2CCCCC2)ccc1Cn1c(-c2ccccc2Cl)nc2ncccc21. The zero-order valence-electron chi connectivity index (χ0n) is 21.7. The van der Waals surface area contributed by atoms with E-state index in [0.717, 1.165) is 35.3 Å². The molecule has 1 aliphatic rings. The first-order valence-corrected chi connectivity index (χ1v) is 13.4. The van der Waals surface area contributed by atoms with Gasteiger partial charge in [0.15, 0.2) is 5.65 Å². The highest BCUT2D eigenvalue weighted by atomic mass is 35.5. The van der Waals surface area contributed by atoms with Gasteiger partial charge in [-0.15, -0.1) is 0 Å². The van der Waals surface area contributed by atoms with Gasteiger partial charge in [0.05, 0.1) is 24.2 Å². The van der Waals surface area contributed by atoms with Crippen molar-refractivity contribution in [3.8, 4) is 17.1 Å². The number of fused-ring (bicyclic) bond motifs is 1.